The number of unbranched alkanes of at least 4 members (excludes halogenated alkanes) is 15. The quantitative estimate of drug-likeness (QED) is 0.160. The van der Waals surface area contributed by atoms with Crippen molar-refractivity contribution in [3.63, 3.8) is 0 Å². The van der Waals surface area contributed by atoms with Crippen LogP contribution in [0.1, 0.15) is 129 Å². The SMILES string of the molecule is CCCCCCCCCCCCCOCCOc1ccc(CCCCCCCC)cc1. The second kappa shape index (κ2) is 22.2. The Bertz CT molecular complexity index is 468. The molecule has 0 fully saturated rings. The van der Waals surface area contributed by atoms with Crippen LogP contribution >= 0.6 is 0 Å². The van der Waals surface area contributed by atoms with Crippen LogP contribution in [-0.4, -0.2) is 19.8 Å². The van der Waals surface area contributed by atoms with Crippen LogP contribution in [0, 0.1) is 0 Å². The van der Waals surface area contributed by atoms with Crippen molar-refractivity contribution in [2.75, 3.05) is 19.8 Å². The lowest BCUT2D eigenvalue weighted by atomic mass is 10.0. The summed E-state index contributed by atoms with van der Waals surface area (Å²) in [5, 5.41) is 0. The molecule has 0 heterocycles. The van der Waals surface area contributed by atoms with Crippen molar-refractivity contribution in [2.45, 2.75) is 129 Å². The standard InChI is InChI=1S/C29H52O2/c1-3-5-7-9-11-12-13-14-15-17-19-25-30-26-27-31-29-23-21-28(22-24-29)20-18-16-10-8-6-4-2/h21-24H,3-20,25-27H2,1-2H3. The molecule has 0 aliphatic carbocycles. The molecular weight excluding hydrogens is 380 g/mol. The Balaban J connectivity index is 1.86. The lowest BCUT2D eigenvalue weighted by Crippen LogP contribution is -2.07. The highest BCUT2D eigenvalue weighted by Gasteiger charge is 1.98. The van der Waals surface area contributed by atoms with Gasteiger partial charge < -0.3 is 9.47 Å². The zero-order valence-electron chi connectivity index (χ0n) is 21.0. The third-order valence-electron chi connectivity index (χ3n) is 6.13. The molecule has 0 unspecified atom stereocenters. The average Bonchev–Trinajstić information content (AvgIpc) is 2.79. The lowest BCUT2D eigenvalue weighted by molar-refractivity contribution is 0.0970. The van der Waals surface area contributed by atoms with Crippen LogP contribution in [0.15, 0.2) is 24.3 Å². The van der Waals surface area contributed by atoms with E-state index in [1.807, 2.05) is 0 Å². The summed E-state index contributed by atoms with van der Waals surface area (Å²) in [5.41, 5.74) is 1.43. The smallest absolute Gasteiger partial charge is 0.119 e. The fourth-order valence-electron chi connectivity index (χ4n) is 4.05. The van der Waals surface area contributed by atoms with Gasteiger partial charge in [-0.1, -0.05) is 122 Å². The Morgan fingerprint density at radius 2 is 0.968 bits per heavy atom. The molecule has 0 aliphatic heterocycles. The van der Waals surface area contributed by atoms with Crippen LogP contribution < -0.4 is 4.74 Å². The maximum Gasteiger partial charge on any atom is 0.119 e. The average molecular weight is 433 g/mol. The molecule has 1 aromatic rings. The highest BCUT2D eigenvalue weighted by molar-refractivity contribution is 5.27. The molecule has 0 radical (unpaired) electrons. The van der Waals surface area contributed by atoms with Crippen LogP contribution in [0.2, 0.25) is 0 Å². The third kappa shape index (κ3) is 18.3. The molecule has 0 saturated heterocycles. The Labute approximate surface area is 194 Å². The predicted molar refractivity (Wildman–Crippen MR) is 136 cm³/mol. The zero-order chi connectivity index (χ0) is 22.2. The van der Waals surface area contributed by atoms with Crippen LogP contribution in [0.4, 0.5) is 0 Å². The molecule has 31 heavy (non-hydrogen) atoms. The second-order valence-corrected chi connectivity index (χ2v) is 9.16. The minimum atomic E-state index is 0.648. The van der Waals surface area contributed by atoms with Gasteiger partial charge >= 0.3 is 0 Å². The van der Waals surface area contributed by atoms with E-state index in [1.165, 1.54) is 121 Å². The topological polar surface area (TPSA) is 18.5 Å². The van der Waals surface area contributed by atoms with Gasteiger partial charge in [-0.15, -0.1) is 0 Å². The van der Waals surface area contributed by atoms with Gasteiger partial charge in [0.1, 0.15) is 12.4 Å². The van der Waals surface area contributed by atoms with Crippen molar-refractivity contribution in [1.82, 2.24) is 0 Å². The lowest BCUT2D eigenvalue weighted by Gasteiger charge is -2.08. The van der Waals surface area contributed by atoms with E-state index in [9.17, 15) is 0 Å². The van der Waals surface area contributed by atoms with Gasteiger partial charge in [-0.2, -0.15) is 0 Å². The first-order valence-corrected chi connectivity index (χ1v) is 13.7. The summed E-state index contributed by atoms with van der Waals surface area (Å²) in [6, 6.07) is 8.65. The first kappa shape index (κ1) is 28.0. The molecule has 0 saturated carbocycles. The molecule has 1 rings (SSSR count). The molecule has 1 aromatic carbocycles. The number of hydrogen-bond donors (Lipinski definition) is 0. The summed E-state index contributed by atoms with van der Waals surface area (Å²) in [5.74, 6) is 0.963. The summed E-state index contributed by atoms with van der Waals surface area (Å²) in [4.78, 5) is 0. The number of ether oxygens (including phenoxy) is 2. The van der Waals surface area contributed by atoms with Gasteiger partial charge in [-0.05, 0) is 37.0 Å². The van der Waals surface area contributed by atoms with Crippen LogP contribution in [0.3, 0.4) is 0 Å². The molecule has 2 heteroatoms. The fourth-order valence-corrected chi connectivity index (χ4v) is 4.05. The monoisotopic (exact) mass is 432 g/mol. The fraction of sp³-hybridized carbons (Fsp3) is 0.793. The molecule has 0 amide bonds. The van der Waals surface area contributed by atoms with Gasteiger partial charge in [-0.3, -0.25) is 0 Å². The van der Waals surface area contributed by atoms with E-state index in [2.05, 4.69) is 38.1 Å². The maximum absolute atomic E-state index is 5.81. The van der Waals surface area contributed by atoms with Gasteiger partial charge in [0.15, 0.2) is 0 Å². The minimum Gasteiger partial charge on any atom is -0.491 e. The molecule has 0 spiro atoms. The Kier molecular flexibility index (Phi) is 20.0. The first-order valence-electron chi connectivity index (χ1n) is 13.7. The number of rotatable bonds is 23. The summed E-state index contributed by atoms with van der Waals surface area (Å²) in [6.07, 6.45) is 24.5. The van der Waals surface area contributed by atoms with E-state index in [0.29, 0.717) is 13.2 Å². The number of aryl methyl sites for hydroxylation is 1. The molecule has 0 atom stereocenters. The summed E-state index contributed by atoms with van der Waals surface area (Å²) in [6.45, 7) is 6.77. The number of hydrogen-bond acceptors (Lipinski definition) is 2. The summed E-state index contributed by atoms with van der Waals surface area (Å²) < 4.78 is 11.5. The van der Waals surface area contributed by atoms with Gasteiger partial charge in [0.2, 0.25) is 0 Å². The minimum absolute atomic E-state index is 0.648. The molecule has 0 N–H and O–H groups in total. The van der Waals surface area contributed by atoms with Crippen molar-refractivity contribution < 1.29 is 9.47 Å². The molecular formula is C29H52O2. The van der Waals surface area contributed by atoms with Crippen molar-refractivity contribution in [2.24, 2.45) is 0 Å². The Morgan fingerprint density at radius 3 is 1.52 bits per heavy atom. The van der Waals surface area contributed by atoms with E-state index in [4.69, 9.17) is 9.47 Å². The Hall–Kier alpha value is -1.02. The van der Waals surface area contributed by atoms with Crippen molar-refractivity contribution >= 4 is 0 Å². The van der Waals surface area contributed by atoms with Crippen LogP contribution in [0.25, 0.3) is 0 Å². The maximum atomic E-state index is 5.81. The highest BCUT2D eigenvalue weighted by Crippen LogP contribution is 2.15. The van der Waals surface area contributed by atoms with Crippen LogP contribution in [0.5, 0.6) is 5.75 Å². The predicted octanol–water partition coefficient (Wildman–Crippen LogP) is 9.30. The van der Waals surface area contributed by atoms with Crippen molar-refractivity contribution in [3.05, 3.63) is 29.8 Å². The van der Waals surface area contributed by atoms with Crippen molar-refractivity contribution in [1.29, 1.82) is 0 Å². The molecule has 180 valence electrons. The highest BCUT2D eigenvalue weighted by atomic mass is 16.5. The first-order chi connectivity index (χ1) is 15.4. The molecule has 2 nitrogen and oxygen atoms in total. The van der Waals surface area contributed by atoms with E-state index >= 15 is 0 Å². The van der Waals surface area contributed by atoms with E-state index < -0.39 is 0 Å². The summed E-state index contributed by atoms with van der Waals surface area (Å²) >= 11 is 0. The van der Waals surface area contributed by atoms with Gasteiger partial charge in [0.25, 0.3) is 0 Å². The van der Waals surface area contributed by atoms with E-state index in [0.717, 1.165) is 12.4 Å². The largest absolute Gasteiger partial charge is 0.491 e. The third-order valence-corrected chi connectivity index (χ3v) is 6.13. The summed E-state index contributed by atoms with van der Waals surface area (Å²) in [7, 11) is 0. The van der Waals surface area contributed by atoms with Crippen LogP contribution in [-0.2, 0) is 11.2 Å². The molecule has 0 aliphatic rings. The Morgan fingerprint density at radius 1 is 0.484 bits per heavy atom. The van der Waals surface area contributed by atoms with Crippen molar-refractivity contribution in [3.8, 4) is 5.75 Å². The van der Waals surface area contributed by atoms with Gasteiger partial charge in [0, 0.05) is 6.61 Å². The zero-order valence-corrected chi connectivity index (χ0v) is 21.0. The van der Waals surface area contributed by atoms with Gasteiger partial charge in [-0.25, -0.2) is 0 Å². The normalized spacial score (nSPS) is 11.2. The second-order valence-electron chi connectivity index (χ2n) is 9.16. The molecule has 0 aromatic heterocycles. The number of benzene rings is 1. The van der Waals surface area contributed by atoms with E-state index in [-0.39, 0.29) is 0 Å². The molecule has 0 bridgehead atoms. The van der Waals surface area contributed by atoms with E-state index in [1.54, 1.807) is 0 Å². The van der Waals surface area contributed by atoms with Gasteiger partial charge in [0.05, 0.1) is 6.61 Å².